The Morgan fingerprint density at radius 1 is 1.10 bits per heavy atom. The molecule has 0 aliphatic heterocycles. The van der Waals surface area contributed by atoms with Crippen LogP contribution in [-0.2, 0) is 11.8 Å². The van der Waals surface area contributed by atoms with Crippen LogP contribution in [0.3, 0.4) is 0 Å². The summed E-state index contributed by atoms with van der Waals surface area (Å²) in [6, 6.07) is 7.91. The van der Waals surface area contributed by atoms with Crippen LogP contribution in [0.2, 0.25) is 0 Å². The molecule has 2 N–H and O–H groups in total. The molecule has 1 aromatic carbocycles. The smallest absolute Gasteiger partial charge is 0.247 e. The van der Waals surface area contributed by atoms with Crippen molar-refractivity contribution in [2.24, 2.45) is 7.05 Å². The summed E-state index contributed by atoms with van der Waals surface area (Å²) in [6.45, 7) is 7.59. The van der Waals surface area contributed by atoms with Crippen molar-refractivity contribution < 1.29 is 4.79 Å². The van der Waals surface area contributed by atoms with E-state index in [4.69, 9.17) is 0 Å². The number of benzene rings is 1. The molecule has 0 aliphatic rings. The predicted octanol–water partition coefficient (Wildman–Crippen LogP) is 4.24. The van der Waals surface area contributed by atoms with E-state index in [0.717, 1.165) is 44.9 Å². The Kier molecular flexibility index (Phi) is 4.64. The highest BCUT2D eigenvalue weighted by Crippen LogP contribution is 2.29. The van der Waals surface area contributed by atoms with Crippen LogP contribution in [-0.4, -0.2) is 25.2 Å². The molecule has 0 spiro atoms. The normalized spacial score (nSPS) is 10.9. The maximum atomic E-state index is 11.6. The van der Waals surface area contributed by atoms with Crippen molar-refractivity contribution in [2.75, 3.05) is 10.6 Å². The van der Waals surface area contributed by atoms with Crippen molar-refractivity contribution >= 4 is 34.0 Å². The number of pyridine rings is 1. The van der Waals surface area contributed by atoms with Crippen molar-refractivity contribution in [3.05, 3.63) is 72.8 Å². The lowest BCUT2D eigenvalue weighted by Crippen LogP contribution is -2.07. The van der Waals surface area contributed by atoms with Gasteiger partial charge in [0.15, 0.2) is 0 Å². The van der Waals surface area contributed by atoms with Crippen molar-refractivity contribution in [1.82, 2.24) is 19.3 Å². The van der Waals surface area contributed by atoms with Crippen molar-refractivity contribution in [1.29, 1.82) is 0 Å². The second kappa shape index (κ2) is 7.27. The van der Waals surface area contributed by atoms with Gasteiger partial charge in [0.1, 0.15) is 5.82 Å². The predicted molar refractivity (Wildman–Crippen MR) is 116 cm³/mol. The zero-order valence-corrected chi connectivity index (χ0v) is 16.6. The third kappa shape index (κ3) is 3.62. The molecule has 1 amide bonds. The lowest BCUT2D eigenvalue weighted by atomic mass is 10.1. The molecule has 7 nitrogen and oxygen atoms in total. The SMILES string of the molecule is C=CC(=O)Nc1ccc2c(c1)c(C)cn2-c1cc(Nc2cnn(C)c2)ncc1C. The number of hydrogen-bond acceptors (Lipinski definition) is 4. The Labute approximate surface area is 168 Å². The van der Waals surface area contributed by atoms with Gasteiger partial charge in [-0.2, -0.15) is 5.10 Å². The van der Waals surface area contributed by atoms with E-state index >= 15 is 0 Å². The lowest BCUT2D eigenvalue weighted by Gasteiger charge is -2.12. The number of carbonyl (C=O) groups is 1. The first-order valence-electron chi connectivity index (χ1n) is 9.22. The van der Waals surface area contributed by atoms with Gasteiger partial charge in [0.05, 0.1) is 23.1 Å². The van der Waals surface area contributed by atoms with E-state index in [-0.39, 0.29) is 5.91 Å². The van der Waals surface area contributed by atoms with Crippen molar-refractivity contribution in [2.45, 2.75) is 13.8 Å². The molecule has 29 heavy (non-hydrogen) atoms. The van der Waals surface area contributed by atoms with E-state index in [1.54, 1.807) is 10.9 Å². The highest BCUT2D eigenvalue weighted by Gasteiger charge is 2.12. The summed E-state index contributed by atoms with van der Waals surface area (Å²) in [7, 11) is 1.87. The molecule has 0 saturated carbocycles. The van der Waals surface area contributed by atoms with Crippen molar-refractivity contribution in [3.63, 3.8) is 0 Å². The third-order valence-electron chi connectivity index (χ3n) is 4.77. The molecule has 0 bridgehead atoms. The Morgan fingerprint density at radius 2 is 1.93 bits per heavy atom. The van der Waals surface area contributed by atoms with Gasteiger partial charge in [-0.25, -0.2) is 4.98 Å². The Morgan fingerprint density at radius 3 is 2.66 bits per heavy atom. The van der Waals surface area contributed by atoms with Gasteiger partial charge in [-0.15, -0.1) is 0 Å². The maximum Gasteiger partial charge on any atom is 0.247 e. The molecule has 4 rings (SSSR count). The summed E-state index contributed by atoms with van der Waals surface area (Å²) < 4.78 is 3.89. The van der Waals surface area contributed by atoms with Crippen LogP contribution in [0.25, 0.3) is 16.6 Å². The lowest BCUT2D eigenvalue weighted by molar-refractivity contribution is -0.111. The summed E-state index contributed by atoms with van der Waals surface area (Å²) in [6.07, 6.45) is 8.87. The highest BCUT2D eigenvalue weighted by atomic mass is 16.1. The third-order valence-corrected chi connectivity index (χ3v) is 4.77. The van der Waals surface area contributed by atoms with E-state index in [1.807, 2.05) is 50.6 Å². The second-order valence-corrected chi connectivity index (χ2v) is 6.99. The second-order valence-electron chi connectivity index (χ2n) is 6.99. The van der Waals surface area contributed by atoms with Gasteiger partial charge < -0.3 is 15.2 Å². The van der Waals surface area contributed by atoms with Gasteiger partial charge in [-0.1, -0.05) is 6.58 Å². The monoisotopic (exact) mass is 386 g/mol. The molecule has 4 aromatic rings. The van der Waals surface area contributed by atoms with Gasteiger partial charge >= 0.3 is 0 Å². The Balaban J connectivity index is 1.74. The molecular weight excluding hydrogens is 364 g/mol. The van der Waals surface area contributed by atoms with Crippen LogP contribution in [0.1, 0.15) is 11.1 Å². The first-order valence-corrected chi connectivity index (χ1v) is 9.22. The topological polar surface area (TPSA) is 76.8 Å². The summed E-state index contributed by atoms with van der Waals surface area (Å²) in [5.74, 6) is 0.519. The Bertz CT molecular complexity index is 1230. The zero-order valence-electron chi connectivity index (χ0n) is 16.6. The van der Waals surface area contributed by atoms with Crippen LogP contribution in [0, 0.1) is 13.8 Å². The maximum absolute atomic E-state index is 11.6. The van der Waals surface area contributed by atoms with E-state index in [1.165, 1.54) is 6.08 Å². The summed E-state index contributed by atoms with van der Waals surface area (Å²) >= 11 is 0. The van der Waals surface area contributed by atoms with Crippen molar-refractivity contribution in [3.8, 4) is 5.69 Å². The first-order chi connectivity index (χ1) is 13.9. The fourth-order valence-electron chi connectivity index (χ4n) is 3.34. The van der Waals surface area contributed by atoms with Gasteiger partial charge in [0.2, 0.25) is 5.91 Å². The molecule has 0 atom stereocenters. The van der Waals surface area contributed by atoms with E-state index in [2.05, 4.69) is 45.0 Å². The number of aryl methyl sites for hydroxylation is 3. The number of amides is 1. The molecule has 0 aliphatic carbocycles. The van der Waals surface area contributed by atoms with E-state index < -0.39 is 0 Å². The molecule has 3 aromatic heterocycles. The quantitative estimate of drug-likeness (QED) is 0.503. The number of anilines is 3. The largest absolute Gasteiger partial charge is 0.338 e. The minimum atomic E-state index is -0.225. The van der Waals surface area contributed by atoms with Crippen LogP contribution in [0.5, 0.6) is 0 Å². The number of hydrogen-bond donors (Lipinski definition) is 2. The molecule has 0 saturated heterocycles. The number of fused-ring (bicyclic) bond motifs is 1. The zero-order chi connectivity index (χ0) is 20.5. The number of carbonyl (C=O) groups excluding carboxylic acids is 1. The summed E-state index contributed by atoms with van der Waals surface area (Å²) in [5, 5.41) is 11.4. The van der Waals surface area contributed by atoms with Gasteiger partial charge in [0, 0.05) is 42.8 Å². The molecule has 3 heterocycles. The molecule has 0 fully saturated rings. The number of aromatic nitrogens is 4. The van der Waals surface area contributed by atoms with E-state index in [9.17, 15) is 4.79 Å². The fraction of sp³-hybridized carbons (Fsp3) is 0.136. The molecular formula is C22H22N6O. The molecule has 146 valence electrons. The molecule has 0 radical (unpaired) electrons. The average molecular weight is 386 g/mol. The standard InChI is InChI=1S/C22H22N6O/c1-5-22(29)26-16-6-7-19-18(8-16)15(3)12-28(19)20-9-21(23-10-14(20)2)25-17-11-24-27(4)13-17/h5-13H,1H2,2-4H3,(H,23,25)(H,26,29). The van der Waals surface area contributed by atoms with Crippen LogP contribution < -0.4 is 10.6 Å². The van der Waals surface area contributed by atoms with Crippen LogP contribution >= 0.6 is 0 Å². The minimum absolute atomic E-state index is 0.225. The molecule has 7 heteroatoms. The van der Waals surface area contributed by atoms with Crippen LogP contribution in [0.15, 0.2) is 61.7 Å². The van der Waals surface area contributed by atoms with Gasteiger partial charge in [-0.3, -0.25) is 9.48 Å². The highest BCUT2D eigenvalue weighted by molar-refractivity contribution is 6.00. The van der Waals surface area contributed by atoms with Crippen LogP contribution in [0.4, 0.5) is 17.2 Å². The minimum Gasteiger partial charge on any atom is -0.338 e. The van der Waals surface area contributed by atoms with Gasteiger partial charge in [0.25, 0.3) is 0 Å². The summed E-state index contributed by atoms with van der Waals surface area (Å²) in [4.78, 5) is 16.1. The van der Waals surface area contributed by atoms with E-state index in [0.29, 0.717) is 0 Å². The molecule has 0 unspecified atom stereocenters. The number of nitrogens with zero attached hydrogens (tertiary/aromatic N) is 4. The summed E-state index contributed by atoms with van der Waals surface area (Å²) in [5.41, 5.74) is 5.89. The average Bonchev–Trinajstić information content (AvgIpc) is 3.26. The number of nitrogens with one attached hydrogen (secondary N) is 2. The Hall–Kier alpha value is -3.87. The first kappa shape index (κ1) is 18.5. The number of rotatable bonds is 5. The van der Waals surface area contributed by atoms with Gasteiger partial charge in [-0.05, 0) is 49.2 Å². The fourth-order valence-corrected chi connectivity index (χ4v) is 3.34.